The van der Waals surface area contributed by atoms with Crippen molar-refractivity contribution in [1.82, 2.24) is 9.62 Å². The summed E-state index contributed by atoms with van der Waals surface area (Å²) in [7, 11) is 0.357. The molecular formula is C36H40B2N2O2. The van der Waals surface area contributed by atoms with Crippen molar-refractivity contribution < 1.29 is 9.31 Å². The Bertz CT molecular complexity index is 1270. The Morgan fingerprint density at radius 1 is 0.500 bits per heavy atom. The quantitative estimate of drug-likeness (QED) is 0.252. The number of hydrogen-bond donors (Lipinski definition) is 0. The smallest absolute Gasteiger partial charge is 0.380 e. The lowest BCUT2D eigenvalue weighted by molar-refractivity contribution is 0.105. The third kappa shape index (κ3) is 4.48. The Hall–Kier alpha value is -3.15. The number of nitrogens with zero attached hydrogens (tertiary/aromatic N) is 2. The summed E-state index contributed by atoms with van der Waals surface area (Å²) in [5.74, 6) is 0. The molecule has 0 amide bonds. The predicted molar refractivity (Wildman–Crippen MR) is 172 cm³/mol. The van der Waals surface area contributed by atoms with E-state index in [0.717, 1.165) is 13.1 Å². The fourth-order valence-corrected chi connectivity index (χ4v) is 8.27. The fourth-order valence-electron chi connectivity index (χ4n) is 8.27. The van der Waals surface area contributed by atoms with E-state index >= 15 is 0 Å². The number of rotatable bonds is 4. The van der Waals surface area contributed by atoms with Crippen LogP contribution in [0, 0.1) is 0 Å². The first-order valence-corrected chi connectivity index (χ1v) is 15.7. The van der Waals surface area contributed by atoms with Gasteiger partial charge in [-0.25, -0.2) is 0 Å². The molecule has 4 fully saturated rings. The number of benzene rings is 4. The van der Waals surface area contributed by atoms with Crippen LogP contribution in [0.2, 0.25) is 13.6 Å². The molecular weight excluding hydrogens is 514 g/mol. The van der Waals surface area contributed by atoms with Crippen LogP contribution in [0.4, 0.5) is 0 Å². The van der Waals surface area contributed by atoms with E-state index in [2.05, 4.69) is 145 Å². The summed E-state index contributed by atoms with van der Waals surface area (Å²) in [6.45, 7) is 6.67. The Morgan fingerprint density at radius 2 is 0.786 bits per heavy atom. The van der Waals surface area contributed by atoms with Gasteiger partial charge in [-0.1, -0.05) is 121 Å². The minimum atomic E-state index is -0.321. The third-order valence-electron chi connectivity index (χ3n) is 9.98. The van der Waals surface area contributed by atoms with E-state index in [-0.39, 0.29) is 25.3 Å². The normalized spacial score (nSPS) is 24.2. The largest absolute Gasteiger partial charge is 0.406 e. The average Bonchev–Trinajstić information content (AvgIpc) is 3.84. The van der Waals surface area contributed by atoms with Crippen LogP contribution >= 0.6 is 0 Å². The molecule has 4 aliphatic rings. The summed E-state index contributed by atoms with van der Waals surface area (Å²) >= 11 is 0. The summed E-state index contributed by atoms with van der Waals surface area (Å²) in [5.41, 5.74) is 4.46. The standard InChI is InChI=1S/2C18H20BNO/c2*1-19-20-14-8-13-17(20)18(21-19,15-9-4-2-5-10-15)16-11-6-3-7-12-16/h2*2-7,9-12,17H,8,13-14H2,1H3/t2*17-/m10/s1. The van der Waals surface area contributed by atoms with Gasteiger partial charge < -0.3 is 18.9 Å². The first-order chi connectivity index (χ1) is 20.6. The summed E-state index contributed by atoms with van der Waals surface area (Å²) < 4.78 is 13.2. The summed E-state index contributed by atoms with van der Waals surface area (Å²) in [6, 6.07) is 43.8. The molecule has 4 aromatic rings. The molecule has 4 saturated heterocycles. The van der Waals surface area contributed by atoms with Crippen LogP contribution in [0.15, 0.2) is 121 Å². The van der Waals surface area contributed by atoms with Gasteiger partial charge in [-0.3, -0.25) is 0 Å². The van der Waals surface area contributed by atoms with Gasteiger partial charge in [0, 0.05) is 12.1 Å². The maximum atomic E-state index is 6.61. The first-order valence-electron chi connectivity index (χ1n) is 15.7. The second-order valence-electron chi connectivity index (χ2n) is 12.2. The third-order valence-corrected chi connectivity index (χ3v) is 9.98. The SMILES string of the molecule is CB1OC(c2ccccc2)(c2ccccc2)[C@@H]2CCCN12.CB1OC(c2ccccc2)(c2ccccc2)[C@H]2CCCN12. The summed E-state index contributed by atoms with van der Waals surface area (Å²) in [4.78, 5) is 5.06. The van der Waals surface area contributed by atoms with E-state index in [1.807, 2.05) is 0 Å². The highest BCUT2D eigenvalue weighted by atomic mass is 16.5. The molecule has 0 bridgehead atoms. The molecule has 0 spiro atoms. The van der Waals surface area contributed by atoms with E-state index in [0.29, 0.717) is 12.1 Å². The lowest BCUT2D eigenvalue weighted by Crippen LogP contribution is -2.41. The van der Waals surface area contributed by atoms with Crippen LogP contribution < -0.4 is 0 Å². The fraction of sp³-hybridized carbons (Fsp3) is 0.333. The predicted octanol–water partition coefficient (Wildman–Crippen LogP) is 7.09. The van der Waals surface area contributed by atoms with Crippen molar-refractivity contribution in [1.29, 1.82) is 0 Å². The minimum absolute atomic E-state index is 0.179. The van der Waals surface area contributed by atoms with Crippen LogP contribution in [0.3, 0.4) is 0 Å². The van der Waals surface area contributed by atoms with Gasteiger partial charge in [0.2, 0.25) is 0 Å². The van der Waals surface area contributed by atoms with Gasteiger partial charge in [0.25, 0.3) is 0 Å². The van der Waals surface area contributed by atoms with Crippen LogP contribution in [0.25, 0.3) is 0 Å². The van der Waals surface area contributed by atoms with Crippen molar-refractivity contribution in [2.75, 3.05) is 13.1 Å². The highest BCUT2D eigenvalue weighted by Gasteiger charge is 2.57. The van der Waals surface area contributed by atoms with Crippen LogP contribution in [0.5, 0.6) is 0 Å². The Labute approximate surface area is 251 Å². The average molecular weight is 554 g/mol. The van der Waals surface area contributed by atoms with Crippen molar-refractivity contribution in [2.24, 2.45) is 0 Å². The second kappa shape index (κ2) is 11.5. The van der Waals surface area contributed by atoms with Crippen molar-refractivity contribution in [2.45, 2.75) is 62.6 Å². The number of hydrogen-bond acceptors (Lipinski definition) is 4. The summed E-state index contributed by atoms with van der Waals surface area (Å²) in [5, 5.41) is 0. The first kappa shape index (κ1) is 27.7. The monoisotopic (exact) mass is 554 g/mol. The van der Waals surface area contributed by atoms with Gasteiger partial charge in [-0.15, -0.1) is 0 Å². The maximum Gasteiger partial charge on any atom is 0.380 e. The van der Waals surface area contributed by atoms with Crippen LogP contribution in [0.1, 0.15) is 47.9 Å². The van der Waals surface area contributed by atoms with Gasteiger partial charge in [0.15, 0.2) is 0 Å². The van der Waals surface area contributed by atoms with E-state index in [9.17, 15) is 0 Å². The molecule has 2 atom stereocenters. The molecule has 0 aromatic heterocycles. The lowest BCUT2D eigenvalue weighted by atomic mass is 9.79. The zero-order valence-corrected chi connectivity index (χ0v) is 24.8. The molecule has 0 radical (unpaired) electrons. The topological polar surface area (TPSA) is 24.9 Å². The molecule has 0 unspecified atom stereocenters. The van der Waals surface area contributed by atoms with Gasteiger partial charge in [-0.2, -0.15) is 0 Å². The Kier molecular flexibility index (Phi) is 7.58. The summed E-state index contributed by atoms with van der Waals surface area (Å²) in [6.07, 6.45) is 4.93. The zero-order valence-electron chi connectivity index (χ0n) is 24.8. The van der Waals surface area contributed by atoms with E-state index in [1.165, 1.54) is 47.9 Å². The van der Waals surface area contributed by atoms with Gasteiger partial charge >= 0.3 is 14.1 Å². The van der Waals surface area contributed by atoms with Gasteiger partial charge in [0.05, 0.1) is 0 Å². The van der Waals surface area contributed by atoms with Crippen molar-refractivity contribution in [3.63, 3.8) is 0 Å². The maximum absolute atomic E-state index is 6.61. The molecule has 212 valence electrons. The molecule has 42 heavy (non-hydrogen) atoms. The van der Waals surface area contributed by atoms with Crippen molar-refractivity contribution >= 4 is 14.1 Å². The minimum Gasteiger partial charge on any atom is -0.406 e. The van der Waals surface area contributed by atoms with Gasteiger partial charge in [-0.05, 0) is 74.7 Å². The molecule has 4 nitrogen and oxygen atoms in total. The Balaban J connectivity index is 0.000000137. The number of fused-ring (bicyclic) bond motifs is 2. The zero-order chi connectivity index (χ0) is 28.6. The molecule has 4 aromatic carbocycles. The highest BCUT2D eigenvalue weighted by Crippen LogP contribution is 2.50. The highest BCUT2D eigenvalue weighted by molar-refractivity contribution is 6.48. The molecule has 6 heteroatoms. The molecule has 0 aliphatic carbocycles. The lowest BCUT2D eigenvalue weighted by Gasteiger charge is -2.36. The van der Waals surface area contributed by atoms with Crippen LogP contribution in [-0.2, 0) is 20.5 Å². The Morgan fingerprint density at radius 3 is 1.07 bits per heavy atom. The van der Waals surface area contributed by atoms with Crippen molar-refractivity contribution in [3.8, 4) is 0 Å². The molecule has 4 heterocycles. The van der Waals surface area contributed by atoms with Crippen LogP contribution in [-0.4, -0.2) is 48.9 Å². The van der Waals surface area contributed by atoms with Gasteiger partial charge in [0.1, 0.15) is 11.2 Å². The van der Waals surface area contributed by atoms with E-state index in [4.69, 9.17) is 9.31 Å². The second-order valence-corrected chi connectivity index (χ2v) is 12.2. The molecule has 0 saturated carbocycles. The van der Waals surface area contributed by atoms with Crippen molar-refractivity contribution in [3.05, 3.63) is 144 Å². The molecule has 8 rings (SSSR count). The molecule has 4 aliphatic heterocycles. The molecule has 0 N–H and O–H groups in total. The van der Waals surface area contributed by atoms with E-state index in [1.54, 1.807) is 0 Å². The van der Waals surface area contributed by atoms with E-state index < -0.39 is 0 Å².